The molecular formula is C7H9N. The van der Waals surface area contributed by atoms with Crippen molar-refractivity contribution >= 4 is 6.21 Å². The van der Waals surface area contributed by atoms with Crippen molar-refractivity contribution in [3.63, 3.8) is 0 Å². The van der Waals surface area contributed by atoms with Crippen molar-refractivity contribution in [3.8, 4) is 0 Å². The van der Waals surface area contributed by atoms with Crippen LogP contribution in [0.15, 0.2) is 28.8 Å². The molecular weight excluding hydrogens is 98.1 g/mol. The van der Waals surface area contributed by atoms with E-state index in [1.807, 2.05) is 19.2 Å². The minimum absolute atomic E-state index is 0.775. The molecule has 1 rings (SSSR count). The number of aliphatic imine (C=N–C) groups is 1. The van der Waals surface area contributed by atoms with Gasteiger partial charge in [0.1, 0.15) is 0 Å². The Kier molecular flexibility index (Phi) is 1.29. The highest BCUT2D eigenvalue weighted by Gasteiger charge is 1.92. The van der Waals surface area contributed by atoms with E-state index < -0.39 is 0 Å². The standard InChI is InChI=1S/C7H9N/c1-6-3-7(2)5-8-4-6/h3,5H,1,4H2,2H3. The van der Waals surface area contributed by atoms with E-state index in [0.717, 1.165) is 12.1 Å². The van der Waals surface area contributed by atoms with Crippen molar-refractivity contribution in [3.05, 3.63) is 23.8 Å². The summed E-state index contributed by atoms with van der Waals surface area (Å²) in [5.74, 6) is 0. The van der Waals surface area contributed by atoms with Gasteiger partial charge < -0.3 is 0 Å². The Morgan fingerprint density at radius 3 is 2.88 bits per heavy atom. The molecule has 0 radical (unpaired) electrons. The van der Waals surface area contributed by atoms with Gasteiger partial charge in [0.05, 0.1) is 6.54 Å². The molecule has 0 atom stereocenters. The molecule has 1 nitrogen and oxygen atoms in total. The lowest BCUT2D eigenvalue weighted by Gasteiger charge is -2.00. The highest BCUT2D eigenvalue weighted by atomic mass is 14.7. The Morgan fingerprint density at radius 1 is 1.75 bits per heavy atom. The topological polar surface area (TPSA) is 12.4 Å². The molecule has 0 fully saturated rings. The minimum Gasteiger partial charge on any atom is -0.288 e. The van der Waals surface area contributed by atoms with Crippen LogP contribution in [0.3, 0.4) is 0 Å². The Hall–Kier alpha value is -0.850. The van der Waals surface area contributed by atoms with Crippen molar-refractivity contribution < 1.29 is 0 Å². The molecule has 0 aromatic carbocycles. The predicted octanol–water partition coefficient (Wildman–Crippen LogP) is 1.57. The van der Waals surface area contributed by atoms with Gasteiger partial charge in [-0.05, 0) is 18.1 Å². The molecule has 0 unspecified atom stereocenters. The lowest BCUT2D eigenvalue weighted by molar-refractivity contribution is 1.17. The maximum absolute atomic E-state index is 4.05. The summed E-state index contributed by atoms with van der Waals surface area (Å²) >= 11 is 0. The highest BCUT2D eigenvalue weighted by Crippen LogP contribution is 2.03. The first-order valence-corrected chi connectivity index (χ1v) is 2.65. The summed E-state index contributed by atoms with van der Waals surface area (Å²) in [7, 11) is 0. The molecule has 0 spiro atoms. The number of nitrogens with zero attached hydrogens (tertiary/aromatic N) is 1. The summed E-state index contributed by atoms with van der Waals surface area (Å²) in [6, 6.07) is 0. The average Bonchev–Trinajstić information content (AvgIpc) is 1.64. The lowest BCUT2D eigenvalue weighted by Crippen LogP contribution is -1.92. The van der Waals surface area contributed by atoms with Gasteiger partial charge >= 0.3 is 0 Å². The van der Waals surface area contributed by atoms with E-state index in [2.05, 4.69) is 11.6 Å². The van der Waals surface area contributed by atoms with Crippen LogP contribution < -0.4 is 0 Å². The molecule has 0 aliphatic carbocycles. The summed E-state index contributed by atoms with van der Waals surface area (Å²) in [5.41, 5.74) is 2.30. The van der Waals surface area contributed by atoms with Gasteiger partial charge in [0.25, 0.3) is 0 Å². The van der Waals surface area contributed by atoms with Crippen LogP contribution >= 0.6 is 0 Å². The van der Waals surface area contributed by atoms with Gasteiger partial charge in [0.2, 0.25) is 0 Å². The Balaban J connectivity index is 2.77. The normalized spacial score (nSPS) is 18.6. The van der Waals surface area contributed by atoms with Crippen LogP contribution in [0, 0.1) is 0 Å². The molecule has 0 aromatic rings. The molecule has 1 aliphatic rings. The molecule has 1 heteroatoms. The molecule has 0 bridgehead atoms. The molecule has 1 heterocycles. The van der Waals surface area contributed by atoms with Crippen LogP contribution in [0.25, 0.3) is 0 Å². The van der Waals surface area contributed by atoms with Gasteiger partial charge in [-0.25, -0.2) is 0 Å². The second-order valence-corrected chi connectivity index (χ2v) is 2.02. The van der Waals surface area contributed by atoms with Crippen molar-refractivity contribution in [2.24, 2.45) is 4.99 Å². The summed E-state index contributed by atoms with van der Waals surface area (Å²) < 4.78 is 0. The maximum atomic E-state index is 4.05. The van der Waals surface area contributed by atoms with Gasteiger partial charge in [0, 0.05) is 6.21 Å². The lowest BCUT2D eigenvalue weighted by atomic mass is 10.2. The fourth-order valence-corrected chi connectivity index (χ4v) is 0.712. The smallest absolute Gasteiger partial charge is 0.0634 e. The molecule has 0 N–H and O–H groups in total. The zero-order valence-corrected chi connectivity index (χ0v) is 5.02. The Bertz CT molecular complexity index is 163. The monoisotopic (exact) mass is 107 g/mol. The first kappa shape index (κ1) is 5.29. The number of dihydropyridines is 1. The summed E-state index contributed by atoms with van der Waals surface area (Å²) in [5, 5.41) is 0. The van der Waals surface area contributed by atoms with Crippen LogP contribution in [-0.2, 0) is 0 Å². The van der Waals surface area contributed by atoms with E-state index in [1.165, 1.54) is 5.57 Å². The van der Waals surface area contributed by atoms with E-state index in [-0.39, 0.29) is 0 Å². The van der Waals surface area contributed by atoms with Crippen molar-refractivity contribution in [1.82, 2.24) is 0 Å². The first-order chi connectivity index (χ1) is 3.79. The Morgan fingerprint density at radius 2 is 2.50 bits per heavy atom. The van der Waals surface area contributed by atoms with E-state index in [9.17, 15) is 0 Å². The van der Waals surface area contributed by atoms with Crippen LogP contribution in [0.1, 0.15) is 6.92 Å². The number of allylic oxidation sites excluding steroid dienone is 1. The molecule has 1 aliphatic heterocycles. The summed E-state index contributed by atoms with van der Waals surface area (Å²) in [6.45, 7) is 6.57. The van der Waals surface area contributed by atoms with Gasteiger partial charge in [-0.2, -0.15) is 0 Å². The molecule has 0 aromatic heterocycles. The minimum atomic E-state index is 0.775. The third-order valence-electron chi connectivity index (χ3n) is 1.02. The van der Waals surface area contributed by atoms with Gasteiger partial charge in [-0.3, -0.25) is 4.99 Å². The van der Waals surface area contributed by atoms with E-state index in [4.69, 9.17) is 0 Å². The number of hydrogen-bond acceptors (Lipinski definition) is 1. The quantitative estimate of drug-likeness (QED) is 0.445. The van der Waals surface area contributed by atoms with E-state index in [0.29, 0.717) is 0 Å². The number of rotatable bonds is 0. The van der Waals surface area contributed by atoms with Gasteiger partial charge in [-0.1, -0.05) is 12.7 Å². The predicted molar refractivity (Wildman–Crippen MR) is 36.3 cm³/mol. The van der Waals surface area contributed by atoms with Crippen LogP contribution in [0.4, 0.5) is 0 Å². The number of hydrogen-bond donors (Lipinski definition) is 0. The molecule has 0 saturated heterocycles. The van der Waals surface area contributed by atoms with Crippen LogP contribution in [0.5, 0.6) is 0 Å². The van der Waals surface area contributed by atoms with Crippen LogP contribution in [0.2, 0.25) is 0 Å². The highest BCUT2D eigenvalue weighted by molar-refractivity contribution is 5.80. The summed E-state index contributed by atoms with van der Waals surface area (Å²) in [6.07, 6.45) is 3.92. The summed E-state index contributed by atoms with van der Waals surface area (Å²) in [4.78, 5) is 4.05. The largest absolute Gasteiger partial charge is 0.288 e. The maximum Gasteiger partial charge on any atom is 0.0634 e. The molecule has 0 amide bonds. The SMILES string of the molecule is C=C1C=C(C)C=NC1. The van der Waals surface area contributed by atoms with Crippen molar-refractivity contribution in [2.75, 3.05) is 6.54 Å². The van der Waals surface area contributed by atoms with Gasteiger partial charge in [0.15, 0.2) is 0 Å². The van der Waals surface area contributed by atoms with Gasteiger partial charge in [-0.15, -0.1) is 0 Å². The van der Waals surface area contributed by atoms with Crippen molar-refractivity contribution in [1.29, 1.82) is 0 Å². The third kappa shape index (κ3) is 1.06. The van der Waals surface area contributed by atoms with Crippen molar-refractivity contribution in [2.45, 2.75) is 6.92 Å². The fraction of sp³-hybridized carbons (Fsp3) is 0.286. The Labute approximate surface area is 49.4 Å². The second kappa shape index (κ2) is 1.95. The van der Waals surface area contributed by atoms with E-state index >= 15 is 0 Å². The second-order valence-electron chi connectivity index (χ2n) is 2.02. The molecule has 8 heavy (non-hydrogen) atoms. The van der Waals surface area contributed by atoms with Crippen LogP contribution in [-0.4, -0.2) is 12.8 Å². The average molecular weight is 107 g/mol. The third-order valence-corrected chi connectivity index (χ3v) is 1.02. The van der Waals surface area contributed by atoms with E-state index in [1.54, 1.807) is 0 Å². The zero-order valence-electron chi connectivity index (χ0n) is 5.02. The first-order valence-electron chi connectivity index (χ1n) is 2.65. The molecule has 42 valence electrons. The zero-order chi connectivity index (χ0) is 5.98. The fourth-order valence-electron chi connectivity index (χ4n) is 0.712. The molecule has 0 saturated carbocycles.